The van der Waals surface area contributed by atoms with Gasteiger partial charge in [-0.1, -0.05) is 18.2 Å². The van der Waals surface area contributed by atoms with E-state index in [9.17, 15) is 9.59 Å². The van der Waals surface area contributed by atoms with E-state index in [-0.39, 0.29) is 5.78 Å². The lowest BCUT2D eigenvalue weighted by Gasteiger charge is -1.98. The van der Waals surface area contributed by atoms with Gasteiger partial charge in [-0.2, -0.15) is 0 Å². The van der Waals surface area contributed by atoms with Crippen molar-refractivity contribution in [2.45, 2.75) is 6.42 Å². The van der Waals surface area contributed by atoms with E-state index < -0.39 is 0 Å². The first-order valence-electron chi connectivity index (χ1n) is 3.28. The molecule has 0 fully saturated rings. The van der Waals surface area contributed by atoms with Crippen LogP contribution in [0.3, 0.4) is 0 Å². The summed E-state index contributed by atoms with van der Waals surface area (Å²) in [6, 6.07) is 0. The Hall–Kier alpha value is -1.44. The first-order valence-corrected chi connectivity index (χ1v) is 3.28. The van der Waals surface area contributed by atoms with Crippen molar-refractivity contribution in [2.75, 3.05) is 0 Å². The van der Waals surface area contributed by atoms with Gasteiger partial charge in [0, 0.05) is 6.42 Å². The van der Waals surface area contributed by atoms with Crippen molar-refractivity contribution in [3.8, 4) is 0 Å². The monoisotopic (exact) mass is 147 g/mol. The molecule has 0 aliphatic heterocycles. The van der Waals surface area contributed by atoms with Gasteiger partial charge in [0.25, 0.3) is 0 Å². The van der Waals surface area contributed by atoms with E-state index in [1.54, 1.807) is 24.5 Å². The fraction of sp³-hybridized carbons (Fsp3) is 0.111. The van der Waals surface area contributed by atoms with Gasteiger partial charge >= 0.3 is 0 Å². The smallest absolute Gasteiger partial charge is 0.225 e. The second-order valence-corrected chi connectivity index (χ2v) is 2.16. The molecule has 2 nitrogen and oxygen atoms in total. The predicted octanol–water partition coefficient (Wildman–Crippen LogP) is 1.11. The lowest BCUT2D eigenvalue weighted by Crippen LogP contribution is -1.94. The Morgan fingerprint density at radius 1 is 1.45 bits per heavy atom. The summed E-state index contributed by atoms with van der Waals surface area (Å²) in [5, 5.41) is 0. The minimum Gasteiger partial charge on any atom is -0.295 e. The van der Waals surface area contributed by atoms with Crippen LogP contribution in [0.15, 0.2) is 36.0 Å². The van der Waals surface area contributed by atoms with Crippen molar-refractivity contribution in [3.05, 3.63) is 36.0 Å². The van der Waals surface area contributed by atoms with E-state index in [2.05, 4.69) is 0 Å². The minimum atomic E-state index is 0.0947. The summed E-state index contributed by atoms with van der Waals surface area (Å²) < 4.78 is 0. The highest BCUT2D eigenvalue weighted by molar-refractivity contribution is 5.92. The average Bonchev–Trinajstić information content (AvgIpc) is 2.04. The quantitative estimate of drug-likeness (QED) is 0.548. The molecule has 1 radical (unpaired) electrons. The van der Waals surface area contributed by atoms with Crippen LogP contribution in [0.5, 0.6) is 0 Å². The third-order valence-corrected chi connectivity index (χ3v) is 1.34. The molecule has 0 unspecified atom stereocenters. The minimum absolute atomic E-state index is 0.0947. The van der Waals surface area contributed by atoms with Crippen molar-refractivity contribution in [3.63, 3.8) is 0 Å². The Labute approximate surface area is 64.9 Å². The molecule has 0 amide bonds. The summed E-state index contributed by atoms with van der Waals surface area (Å²) in [5.41, 5.74) is 0.882. The molecule has 0 aromatic carbocycles. The molecule has 1 aliphatic rings. The van der Waals surface area contributed by atoms with Gasteiger partial charge < -0.3 is 0 Å². The molecule has 0 atom stereocenters. The Morgan fingerprint density at radius 3 is 2.82 bits per heavy atom. The number of ketones is 1. The number of hydrogen-bond acceptors (Lipinski definition) is 2. The molecule has 0 saturated carbocycles. The SMILES string of the molecule is O=[C]C=CC1=CCC(=O)C=C1. The molecular weight excluding hydrogens is 140 g/mol. The Bertz CT molecular complexity index is 253. The van der Waals surface area contributed by atoms with Gasteiger partial charge in [0.15, 0.2) is 5.78 Å². The van der Waals surface area contributed by atoms with Gasteiger partial charge in [-0.05, 0) is 17.7 Å². The lowest BCUT2D eigenvalue weighted by atomic mass is 10.1. The molecule has 1 aliphatic carbocycles. The highest BCUT2D eigenvalue weighted by Crippen LogP contribution is 2.07. The van der Waals surface area contributed by atoms with Crippen molar-refractivity contribution in [1.29, 1.82) is 0 Å². The van der Waals surface area contributed by atoms with Crippen LogP contribution in [0, 0.1) is 0 Å². The van der Waals surface area contributed by atoms with Crippen LogP contribution < -0.4 is 0 Å². The molecule has 0 heterocycles. The third-order valence-electron chi connectivity index (χ3n) is 1.34. The van der Waals surface area contributed by atoms with E-state index in [1.165, 1.54) is 12.2 Å². The van der Waals surface area contributed by atoms with Crippen LogP contribution in [-0.4, -0.2) is 12.1 Å². The second-order valence-electron chi connectivity index (χ2n) is 2.16. The maximum atomic E-state index is 10.6. The van der Waals surface area contributed by atoms with Gasteiger partial charge in [0.2, 0.25) is 6.29 Å². The Balaban J connectivity index is 2.63. The second kappa shape index (κ2) is 3.66. The molecule has 55 valence electrons. The van der Waals surface area contributed by atoms with Gasteiger partial charge in [0.05, 0.1) is 0 Å². The first kappa shape index (κ1) is 7.66. The number of allylic oxidation sites excluding steroid dienone is 6. The van der Waals surface area contributed by atoms with Crippen LogP contribution in [0.4, 0.5) is 0 Å². The molecule has 0 N–H and O–H groups in total. The van der Waals surface area contributed by atoms with Gasteiger partial charge in [-0.3, -0.25) is 9.59 Å². The largest absolute Gasteiger partial charge is 0.295 e. The van der Waals surface area contributed by atoms with Crippen molar-refractivity contribution in [1.82, 2.24) is 0 Å². The van der Waals surface area contributed by atoms with E-state index in [0.717, 1.165) is 5.57 Å². The molecule has 2 heteroatoms. The molecule has 0 bridgehead atoms. The molecule has 0 aromatic heterocycles. The number of hydrogen-bond donors (Lipinski definition) is 0. The average molecular weight is 147 g/mol. The lowest BCUT2D eigenvalue weighted by molar-refractivity contribution is -0.113. The van der Waals surface area contributed by atoms with E-state index >= 15 is 0 Å². The normalized spacial score (nSPS) is 17.1. The van der Waals surface area contributed by atoms with Crippen molar-refractivity contribution in [2.24, 2.45) is 0 Å². The van der Waals surface area contributed by atoms with Gasteiger partial charge in [-0.15, -0.1) is 0 Å². The zero-order chi connectivity index (χ0) is 8.10. The standard InChI is InChI=1S/C9H7O2/c10-7-1-2-8-3-5-9(11)6-4-8/h1-5H,6H2. The molecular formula is C9H7O2. The predicted molar refractivity (Wildman–Crippen MR) is 41.7 cm³/mol. The van der Waals surface area contributed by atoms with Crippen molar-refractivity contribution < 1.29 is 9.59 Å². The van der Waals surface area contributed by atoms with Crippen LogP contribution in [0.25, 0.3) is 0 Å². The summed E-state index contributed by atoms with van der Waals surface area (Å²) in [5.74, 6) is 0.0947. The molecule has 1 rings (SSSR count). The van der Waals surface area contributed by atoms with Crippen LogP contribution in [0.2, 0.25) is 0 Å². The zero-order valence-electron chi connectivity index (χ0n) is 5.91. The Kier molecular flexibility index (Phi) is 2.55. The van der Waals surface area contributed by atoms with Gasteiger partial charge in [-0.25, -0.2) is 0 Å². The third kappa shape index (κ3) is 2.34. The number of carbonyl (C=O) groups is 1. The topological polar surface area (TPSA) is 34.1 Å². The number of rotatable bonds is 2. The highest BCUT2D eigenvalue weighted by Gasteiger charge is 1.99. The van der Waals surface area contributed by atoms with Gasteiger partial charge in [0.1, 0.15) is 0 Å². The van der Waals surface area contributed by atoms with E-state index in [4.69, 9.17) is 0 Å². The fourth-order valence-electron chi connectivity index (χ4n) is 0.798. The van der Waals surface area contributed by atoms with E-state index in [1.807, 2.05) is 0 Å². The molecule has 0 spiro atoms. The molecule has 0 saturated heterocycles. The summed E-state index contributed by atoms with van der Waals surface area (Å²) >= 11 is 0. The molecule has 11 heavy (non-hydrogen) atoms. The highest BCUT2D eigenvalue weighted by atomic mass is 16.1. The summed E-state index contributed by atoms with van der Waals surface area (Å²) in [6.07, 6.45) is 9.92. The van der Waals surface area contributed by atoms with Crippen LogP contribution >= 0.6 is 0 Å². The summed E-state index contributed by atoms with van der Waals surface area (Å²) in [7, 11) is 0. The van der Waals surface area contributed by atoms with E-state index in [0.29, 0.717) is 6.42 Å². The zero-order valence-corrected chi connectivity index (χ0v) is 5.91. The van der Waals surface area contributed by atoms with Crippen molar-refractivity contribution >= 4 is 12.1 Å². The van der Waals surface area contributed by atoms with Crippen LogP contribution in [0.1, 0.15) is 6.42 Å². The molecule has 0 aromatic rings. The van der Waals surface area contributed by atoms with Crippen LogP contribution in [-0.2, 0) is 9.59 Å². The summed E-state index contributed by atoms with van der Waals surface area (Å²) in [4.78, 5) is 20.4. The first-order chi connectivity index (χ1) is 5.33. The maximum absolute atomic E-state index is 10.6. The maximum Gasteiger partial charge on any atom is 0.225 e. The Morgan fingerprint density at radius 2 is 2.27 bits per heavy atom. The summed E-state index contributed by atoms with van der Waals surface area (Å²) in [6.45, 7) is 0. The fourth-order valence-corrected chi connectivity index (χ4v) is 0.798. The number of carbonyl (C=O) groups excluding carboxylic acids is 2.